The predicted molar refractivity (Wildman–Crippen MR) is 95.7 cm³/mol. The fraction of sp³-hybridized carbons (Fsp3) is 0.400. The number of hydrogen-bond donors (Lipinski definition) is 1. The molecule has 24 heavy (non-hydrogen) atoms. The Hall–Kier alpha value is -2.38. The summed E-state index contributed by atoms with van der Waals surface area (Å²) >= 11 is 0. The van der Waals surface area contributed by atoms with Crippen molar-refractivity contribution in [3.8, 4) is 17.2 Å². The lowest BCUT2D eigenvalue weighted by Gasteiger charge is -2.12. The van der Waals surface area contributed by atoms with Gasteiger partial charge < -0.3 is 9.72 Å². The minimum Gasteiger partial charge on any atom is -0.377 e. The average Bonchev–Trinajstić information content (AvgIpc) is 2.58. The molecule has 2 rings (SSSR count). The van der Waals surface area contributed by atoms with Crippen LogP contribution in [0.15, 0.2) is 35.1 Å². The maximum atomic E-state index is 12.0. The highest BCUT2D eigenvalue weighted by Crippen LogP contribution is 2.26. The number of aryl methyl sites for hydroxylation is 1. The Morgan fingerprint density at radius 2 is 1.96 bits per heavy atom. The summed E-state index contributed by atoms with van der Waals surface area (Å²) in [7, 11) is 0. The van der Waals surface area contributed by atoms with Crippen LogP contribution < -0.4 is 5.56 Å². The Morgan fingerprint density at radius 3 is 2.71 bits per heavy atom. The number of nitrogens with zero attached hydrogens (tertiary/aromatic N) is 1. The van der Waals surface area contributed by atoms with Gasteiger partial charge in [0.1, 0.15) is 11.6 Å². The van der Waals surface area contributed by atoms with E-state index in [0.29, 0.717) is 12.2 Å². The van der Waals surface area contributed by atoms with Crippen LogP contribution in [0, 0.1) is 18.3 Å². The molecule has 0 aliphatic heterocycles. The van der Waals surface area contributed by atoms with Crippen LogP contribution in [0.4, 0.5) is 0 Å². The fourth-order valence-corrected chi connectivity index (χ4v) is 2.73. The molecule has 4 nitrogen and oxygen atoms in total. The molecule has 1 aromatic heterocycles. The second kappa shape index (κ2) is 9.05. The highest BCUT2D eigenvalue weighted by molar-refractivity contribution is 5.73. The van der Waals surface area contributed by atoms with Crippen molar-refractivity contribution in [2.45, 2.75) is 46.1 Å². The maximum absolute atomic E-state index is 12.0. The van der Waals surface area contributed by atoms with E-state index in [9.17, 15) is 10.1 Å². The van der Waals surface area contributed by atoms with Gasteiger partial charge in [-0.15, -0.1) is 0 Å². The van der Waals surface area contributed by atoms with Crippen molar-refractivity contribution in [1.82, 2.24) is 4.98 Å². The zero-order valence-electron chi connectivity index (χ0n) is 14.4. The average molecular weight is 324 g/mol. The first-order valence-electron chi connectivity index (χ1n) is 8.47. The van der Waals surface area contributed by atoms with Crippen molar-refractivity contribution in [2.24, 2.45) is 0 Å². The molecule has 2 aromatic rings. The third-order valence-electron chi connectivity index (χ3n) is 3.99. The van der Waals surface area contributed by atoms with Gasteiger partial charge in [0.2, 0.25) is 0 Å². The Labute approximate surface area is 143 Å². The molecule has 0 aliphatic carbocycles. The summed E-state index contributed by atoms with van der Waals surface area (Å²) in [5.41, 5.74) is 3.10. The molecular weight excluding hydrogens is 300 g/mol. The van der Waals surface area contributed by atoms with Crippen LogP contribution in [0.2, 0.25) is 0 Å². The number of nitrogens with one attached hydrogen (secondary N) is 1. The maximum Gasteiger partial charge on any atom is 0.266 e. The highest BCUT2D eigenvalue weighted by atomic mass is 16.5. The molecule has 0 fully saturated rings. The second-order valence-electron chi connectivity index (χ2n) is 5.95. The van der Waals surface area contributed by atoms with Crippen LogP contribution in [0.25, 0.3) is 11.1 Å². The Morgan fingerprint density at radius 1 is 1.17 bits per heavy atom. The first-order chi connectivity index (χ1) is 11.7. The third kappa shape index (κ3) is 4.56. The lowest BCUT2D eigenvalue weighted by atomic mass is 9.96. The molecule has 1 heterocycles. The van der Waals surface area contributed by atoms with Gasteiger partial charge in [-0.1, -0.05) is 50.5 Å². The number of hydrogen-bond acceptors (Lipinski definition) is 3. The van der Waals surface area contributed by atoms with Crippen LogP contribution >= 0.6 is 0 Å². The van der Waals surface area contributed by atoms with Gasteiger partial charge in [-0.3, -0.25) is 4.79 Å². The molecule has 0 saturated heterocycles. The van der Waals surface area contributed by atoms with Crippen molar-refractivity contribution < 1.29 is 4.74 Å². The van der Waals surface area contributed by atoms with Gasteiger partial charge in [-0.05, 0) is 30.5 Å². The van der Waals surface area contributed by atoms with E-state index in [4.69, 9.17) is 4.74 Å². The number of ether oxygens (including phenoxy) is 1. The van der Waals surface area contributed by atoms with Gasteiger partial charge in [0, 0.05) is 17.9 Å². The minimum absolute atomic E-state index is 0.149. The van der Waals surface area contributed by atoms with E-state index in [1.54, 1.807) is 0 Å². The lowest BCUT2D eigenvalue weighted by molar-refractivity contribution is 0.117. The molecule has 0 radical (unpaired) electrons. The molecule has 0 atom stereocenters. The van der Waals surface area contributed by atoms with E-state index in [-0.39, 0.29) is 11.1 Å². The van der Waals surface area contributed by atoms with E-state index < -0.39 is 0 Å². The Kier molecular flexibility index (Phi) is 6.77. The van der Waals surface area contributed by atoms with E-state index in [1.165, 1.54) is 19.3 Å². The fourth-order valence-electron chi connectivity index (χ4n) is 2.73. The summed E-state index contributed by atoms with van der Waals surface area (Å²) in [6.45, 7) is 5.22. The second-order valence-corrected chi connectivity index (χ2v) is 5.95. The summed E-state index contributed by atoms with van der Waals surface area (Å²) in [6, 6.07) is 11.7. The quantitative estimate of drug-likeness (QED) is 0.735. The van der Waals surface area contributed by atoms with Crippen LogP contribution in [-0.4, -0.2) is 11.6 Å². The summed E-state index contributed by atoms with van der Waals surface area (Å²) < 4.78 is 5.79. The van der Waals surface area contributed by atoms with Crippen molar-refractivity contribution in [3.05, 3.63) is 57.5 Å². The zero-order chi connectivity index (χ0) is 17.4. The van der Waals surface area contributed by atoms with Gasteiger partial charge in [0.25, 0.3) is 5.56 Å². The number of nitriles is 1. The normalized spacial score (nSPS) is 10.5. The van der Waals surface area contributed by atoms with Gasteiger partial charge in [0.15, 0.2) is 0 Å². The molecule has 1 aromatic carbocycles. The van der Waals surface area contributed by atoms with Gasteiger partial charge >= 0.3 is 0 Å². The Balaban J connectivity index is 2.21. The van der Waals surface area contributed by atoms with Crippen LogP contribution in [0.1, 0.15) is 49.4 Å². The smallest absolute Gasteiger partial charge is 0.266 e. The SMILES string of the molecule is CCCCCCOCc1ccccc1-c1cc(C)[nH]c(=O)c1C#N. The number of H-pyrrole nitrogens is 1. The number of aromatic nitrogens is 1. The lowest BCUT2D eigenvalue weighted by Crippen LogP contribution is -2.13. The number of aromatic amines is 1. The Bertz CT molecular complexity index is 772. The summed E-state index contributed by atoms with van der Waals surface area (Å²) in [6.07, 6.45) is 4.69. The minimum atomic E-state index is -0.345. The van der Waals surface area contributed by atoms with Gasteiger partial charge in [-0.2, -0.15) is 5.26 Å². The molecule has 4 heteroatoms. The number of rotatable bonds is 8. The molecule has 0 aliphatic rings. The van der Waals surface area contributed by atoms with Crippen LogP contribution in [0.5, 0.6) is 0 Å². The molecular formula is C20H24N2O2. The molecule has 0 spiro atoms. The molecule has 0 unspecified atom stereocenters. The van der Waals surface area contributed by atoms with Crippen LogP contribution in [-0.2, 0) is 11.3 Å². The van der Waals surface area contributed by atoms with E-state index in [2.05, 4.69) is 11.9 Å². The largest absolute Gasteiger partial charge is 0.377 e. The molecule has 0 amide bonds. The van der Waals surface area contributed by atoms with Crippen molar-refractivity contribution in [3.63, 3.8) is 0 Å². The molecule has 0 bridgehead atoms. The number of benzene rings is 1. The number of pyridine rings is 1. The van der Waals surface area contributed by atoms with E-state index >= 15 is 0 Å². The summed E-state index contributed by atoms with van der Waals surface area (Å²) in [5.74, 6) is 0. The molecule has 0 saturated carbocycles. The van der Waals surface area contributed by atoms with Crippen LogP contribution in [0.3, 0.4) is 0 Å². The van der Waals surface area contributed by atoms with Crippen molar-refractivity contribution in [1.29, 1.82) is 5.26 Å². The molecule has 1 N–H and O–H groups in total. The van der Waals surface area contributed by atoms with Gasteiger partial charge in [-0.25, -0.2) is 0 Å². The first-order valence-corrected chi connectivity index (χ1v) is 8.47. The monoisotopic (exact) mass is 324 g/mol. The zero-order valence-corrected chi connectivity index (χ0v) is 14.4. The highest BCUT2D eigenvalue weighted by Gasteiger charge is 2.13. The predicted octanol–water partition coefficient (Wildman–Crippen LogP) is 4.32. The topological polar surface area (TPSA) is 65.9 Å². The summed E-state index contributed by atoms with van der Waals surface area (Å²) in [5, 5.41) is 9.34. The van der Waals surface area contributed by atoms with Crippen molar-refractivity contribution >= 4 is 0 Å². The standard InChI is InChI=1S/C20H24N2O2/c1-3-4-5-8-11-24-14-16-9-6-7-10-17(16)18-12-15(2)22-20(23)19(18)13-21/h6-7,9-10,12H,3-5,8,11,14H2,1-2H3,(H,22,23). The van der Waals surface area contributed by atoms with E-state index in [0.717, 1.165) is 29.8 Å². The van der Waals surface area contributed by atoms with E-state index in [1.807, 2.05) is 43.3 Å². The van der Waals surface area contributed by atoms with Crippen molar-refractivity contribution in [2.75, 3.05) is 6.61 Å². The first kappa shape index (κ1) is 18.0. The molecule has 126 valence electrons. The third-order valence-corrected chi connectivity index (χ3v) is 3.99. The summed E-state index contributed by atoms with van der Waals surface area (Å²) in [4.78, 5) is 14.7. The number of unbranched alkanes of at least 4 members (excludes halogenated alkanes) is 3. The van der Waals surface area contributed by atoms with Gasteiger partial charge in [0.05, 0.1) is 6.61 Å².